The van der Waals surface area contributed by atoms with Crippen LogP contribution in [0.1, 0.15) is 337 Å². The van der Waals surface area contributed by atoms with Crippen LogP contribution in [-0.2, 0) is 19.1 Å². The van der Waals surface area contributed by atoms with Crippen LogP contribution in [0.15, 0.2) is 0 Å². The molecule has 0 aromatic rings. The molecule has 0 spiro atoms. The summed E-state index contributed by atoms with van der Waals surface area (Å²) in [6.45, 7) is 14.8. The van der Waals surface area contributed by atoms with E-state index in [0.717, 1.165) is 19.3 Å². The molecule has 0 aliphatic rings. The van der Waals surface area contributed by atoms with Crippen molar-refractivity contribution in [2.75, 3.05) is 13.2 Å². The van der Waals surface area contributed by atoms with Crippen LogP contribution in [-0.4, -0.2) is 25.2 Å². The molecule has 2 atom stereocenters. The largest absolute Gasteiger partial charge is 0.465 e. The molecule has 0 aliphatic carbocycles. The van der Waals surface area contributed by atoms with Crippen LogP contribution >= 0.6 is 0 Å². The van der Waals surface area contributed by atoms with E-state index in [1.165, 1.54) is 263 Å². The topological polar surface area (TPSA) is 52.6 Å². The summed E-state index contributed by atoms with van der Waals surface area (Å²) >= 11 is 0. The molecule has 0 fully saturated rings. The Kier molecular flexibility index (Phi) is 57.0. The maximum atomic E-state index is 12.3. The highest BCUT2D eigenvalue weighted by atomic mass is 16.5. The van der Waals surface area contributed by atoms with E-state index < -0.39 is 0 Å². The molecule has 0 saturated heterocycles. The zero-order chi connectivity index (χ0) is 45.7. The van der Waals surface area contributed by atoms with E-state index in [9.17, 15) is 9.59 Å². The Balaban J connectivity index is 0. The molecule has 0 heterocycles. The number of ether oxygens (including phenoxy) is 2. The van der Waals surface area contributed by atoms with Gasteiger partial charge in [-0.15, -0.1) is 0 Å². The number of esters is 2. The van der Waals surface area contributed by atoms with Crippen LogP contribution in [0, 0.1) is 11.8 Å². The standard InChI is InChI=1S/C34H68O2.C24H48O2/c1-4-7-10-13-16-18-19-20-22-25-28-31-34(35)36-32-33(29-26-23-15-12-9-6-3)30-27-24-21-17-14-11-8-5-2;1-4-7-9-10-11-12-13-14-15-16-17-18-19-21-24(25)26-22-23(6-3)20-8-5-2/h33H,4-32H2,1-3H3;23H,4-22H2,1-3H3. The summed E-state index contributed by atoms with van der Waals surface area (Å²) in [5.41, 5.74) is 0. The van der Waals surface area contributed by atoms with Crippen LogP contribution in [0.2, 0.25) is 0 Å². The van der Waals surface area contributed by atoms with Gasteiger partial charge in [0.15, 0.2) is 0 Å². The second kappa shape index (κ2) is 56.1. The molecule has 0 bridgehead atoms. The maximum absolute atomic E-state index is 12.3. The van der Waals surface area contributed by atoms with E-state index in [0.29, 0.717) is 37.9 Å². The first-order valence-electron chi connectivity index (χ1n) is 28.8. The Morgan fingerprint density at radius 2 is 0.500 bits per heavy atom. The SMILES string of the molecule is CCCCCCCCCCCCCC(=O)OCC(CCCCCCCC)CCCCCCCCCC.CCCCCCCCCCCCCCCC(=O)OCC(CC)CCCC. The molecule has 0 saturated carbocycles. The molecule has 62 heavy (non-hydrogen) atoms. The molecule has 372 valence electrons. The summed E-state index contributed by atoms with van der Waals surface area (Å²) in [6.07, 6.45) is 59.6. The summed E-state index contributed by atoms with van der Waals surface area (Å²) in [6, 6.07) is 0. The molecule has 0 rings (SSSR count). The van der Waals surface area contributed by atoms with Gasteiger partial charge < -0.3 is 9.47 Å². The average Bonchev–Trinajstić information content (AvgIpc) is 3.28. The zero-order valence-electron chi connectivity index (χ0n) is 43.7. The third kappa shape index (κ3) is 53.3. The quantitative estimate of drug-likeness (QED) is 0.0451. The highest BCUT2D eigenvalue weighted by Crippen LogP contribution is 2.21. The fraction of sp³-hybridized carbons (Fsp3) is 0.966. The molecular weight excluding hydrogens is 761 g/mol. The predicted molar refractivity (Wildman–Crippen MR) is 275 cm³/mol. The van der Waals surface area contributed by atoms with Crippen molar-refractivity contribution < 1.29 is 19.1 Å². The van der Waals surface area contributed by atoms with Crippen molar-refractivity contribution in [3.05, 3.63) is 0 Å². The van der Waals surface area contributed by atoms with E-state index in [1.54, 1.807) is 0 Å². The van der Waals surface area contributed by atoms with E-state index in [1.807, 2.05) is 0 Å². The van der Waals surface area contributed by atoms with Gasteiger partial charge in [-0.25, -0.2) is 0 Å². The van der Waals surface area contributed by atoms with Crippen LogP contribution in [0.25, 0.3) is 0 Å². The van der Waals surface area contributed by atoms with Crippen LogP contribution in [0.3, 0.4) is 0 Å². The summed E-state index contributed by atoms with van der Waals surface area (Å²) in [4.78, 5) is 24.2. The molecule has 0 aromatic heterocycles. The minimum atomic E-state index is 0.0167. The molecular formula is C58H116O4. The summed E-state index contributed by atoms with van der Waals surface area (Å²) in [5, 5.41) is 0. The van der Waals surface area contributed by atoms with E-state index in [-0.39, 0.29) is 11.9 Å². The molecule has 4 nitrogen and oxygen atoms in total. The van der Waals surface area contributed by atoms with Gasteiger partial charge >= 0.3 is 11.9 Å². The van der Waals surface area contributed by atoms with E-state index in [4.69, 9.17) is 9.47 Å². The van der Waals surface area contributed by atoms with E-state index in [2.05, 4.69) is 41.5 Å². The molecule has 4 heteroatoms. The Morgan fingerprint density at radius 3 is 0.774 bits per heavy atom. The predicted octanol–water partition coefficient (Wildman–Crippen LogP) is 20.4. The van der Waals surface area contributed by atoms with Crippen molar-refractivity contribution in [3.8, 4) is 0 Å². The second-order valence-electron chi connectivity index (χ2n) is 19.7. The first kappa shape index (κ1) is 63.0. The molecule has 0 amide bonds. The fourth-order valence-electron chi connectivity index (χ4n) is 8.78. The smallest absolute Gasteiger partial charge is 0.305 e. The minimum absolute atomic E-state index is 0.0167. The number of carbonyl (C=O) groups excluding carboxylic acids is 2. The normalized spacial score (nSPS) is 12.2. The van der Waals surface area contributed by atoms with Gasteiger partial charge in [-0.3, -0.25) is 9.59 Å². The van der Waals surface area contributed by atoms with Crippen molar-refractivity contribution in [2.24, 2.45) is 11.8 Å². The van der Waals surface area contributed by atoms with Crippen LogP contribution < -0.4 is 0 Å². The molecule has 2 unspecified atom stereocenters. The van der Waals surface area contributed by atoms with Gasteiger partial charge in [-0.1, -0.05) is 292 Å². The number of unbranched alkanes of at least 4 members (excludes halogenated alkanes) is 35. The minimum Gasteiger partial charge on any atom is -0.465 e. The van der Waals surface area contributed by atoms with Crippen molar-refractivity contribution in [2.45, 2.75) is 337 Å². The number of carbonyl (C=O) groups is 2. The lowest BCUT2D eigenvalue weighted by molar-refractivity contribution is -0.146. The third-order valence-electron chi connectivity index (χ3n) is 13.4. The lowest BCUT2D eigenvalue weighted by atomic mass is 9.94. The maximum Gasteiger partial charge on any atom is 0.305 e. The van der Waals surface area contributed by atoms with Crippen molar-refractivity contribution in [1.29, 1.82) is 0 Å². The Bertz CT molecular complexity index is 841. The zero-order valence-corrected chi connectivity index (χ0v) is 43.7. The molecule has 0 radical (unpaired) electrons. The Morgan fingerprint density at radius 1 is 0.274 bits per heavy atom. The third-order valence-corrected chi connectivity index (χ3v) is 13.4. The first-order valence-corrected chi connectivity index (χ1v) is 28.8. The highest BCUT2D eigenvalue weighted by molar-refractivity contribution is 5.69. The van der Waals surface area contributed by atoms with E-state index >= 15 is 0 Å². The lowest BCUT2D eigenvalue weighted by Crippen LogP contribution is -2.14. The van der Waals surface area contributed by atoms with Gasteiger partial charge in [0.05, 0.1) is 13.2 Å². The lowest BCUT2D eigenvalue weighted by Gasteiger charge is -2.17. The summed E-state index contributed by atoms with van der Waals surface area (Å²) in [5.74, 6) is 1.21. The molecule has 0 aliphatic heterocycles. The van der Waals surface area contributed by atoms with Crippen molar-refractivity contribution >= 4 is 11.9 Å². The van der Waals surface area contributed by atoms with Crippen LogP contribution in [0.4, 0.5) is 0 Å². The number of rotatable bonds is 50. The first-order chi connectivity index (χ1) is 30.5. The van der Waals surface area contributed by atoms with Gasteiger partial charge in [0.1, 0.15) is 0 Å². The highest BCUT2D eigenvalue weighted by Gasteiger charge is 2.13. The van der Waals surface area contributed by atoms with Crippen molar-refractivity contribution in [3.63, 3.8) is 0 Å². The van der Waals surface area contributed by atoms with Crippen molar-refractivity contribution in [1.82, 2.24) is 0 Å². The average molecular weight is 878 g/mol. The molecule has 0 aromatic carbocycles. The van der Waals surface area contributed by atoms with Gasteiger partial charge in [0.2, 0.25) is 0 Å². The summed E-state index contributed by atoms with van der Waals surface area (Å²) in [7, 11) is 0. The van der Waals surface area contributed by atoms with Gasteiger partial charge in [-0.05, 0) is 43.9 Å². The Hall–Kier alpha value is -1.06. The monoisotopic (exact) mass is 877 g/mol. The number of hydrogen-bond acceptors (Lipinski definition) is 4. The number of hydrogen-bond donors (Lipinski definition) is 0. The van der Waals surface area contributed by atoms with Gasteiger partial charge in [-0.2, -0.15) is 0 Å². The fourth-order valence-corrected chi connectivity index (χ4v) is 8.78. The second-order valence-corrected chi connectivity index (χ2v) is 19.7. The van der Waals surface area contributed by atoms with Gasteiger partial charge in [0, 0.05) is 12.8 Å². The Labute approximate surface area is 391 Å². The van der Waals surface area contributed by atoms with Crippen LogP contribution in [0.5, 0.6) is 0 Å². The summed E-state index contributed by atoms with van der Waals surface area (Å²) < 4.78 is 11.2. The molecule has 0 N–H and O–H groups in total. The van der Waals surface area contributed by atoms with Gasteiger partial charge in [0.25, 0.3) is 0 Å².